The highest BCUT2D eigenvalue weighted by Crippen LogP contribution is 3.17. The average Bonchev–Trinajstić information content (AvgIpc) is 1.61. The van der Waals surface area contributed by atoms with Gasteiger partial charge in [-0.2, -0.15) is 9.97 Å². The smallest absolute Gasteiger partial charge is 0.351 e. The van der Waals surface area contributed by atoms with Gasteiger partial charge in [0, 0.05) is 42.8 Å². The number of hydrogen-bond acceptors (Lipinski definition) is 19. The summed E-state index contributed by atoms with van der Waals surface area (Å²) < 4.78 is 98.9. The van der Waals surface area contributed by atoms with Gasteiger partial charge in [-0.15, -0.1) is 98.2 Å². The van der Waals surface area contributed by atoms with Crippen molar-refractivity contribution in [1.82, 2.24) is 38.2 Å². The minimum atomic E-state index is -1.53. The molecular formula is C44H81F4N10O15P24-3. The van der Waals surface area contributed by atoms with Crippen LogP contribution in [0.2, 0.25) is 0 Å². The number of hydrogen-bond donors (Lipinski definition) is 6. The summed E-state index contributed by atoms with van der Waals surface area (Å²) in [4.78, 5) is 79.8. The van der Waals surface area contributed by atoms with Gasteiger partial charge in [-0.25, -0.2) is 50.7 Å². The Morgan fingerprint density at radius 1 is 0.515 bits per heavy atom. The molecule has 0 amide bonds. The van der Waals surface area contributed by atoms with Gasteiger partial charge < -0.3 is 81.6 Å². The van der Waals surface area contributed by atoms with Crippen molar-refractivity contribution >= 4 is 207 Å². The number of nitrogens with one attached hydrogen (secondary N) is 2. The number of anilines is 2. The maximum absolute atomic E-state index is 14.3. The summed E-state index contributed by atoms with van der Waals surface area (Å²) in [6.07, 6.45) is -5.29. The molecule has 7 aliphatic rings. The number of halogens is 4. The molecule has 97 heavy (non-hydrogen) atoms. The predicted octanol–water partition coefficient (Wildman–Crippen LogP) is 13.2. The van der Waals surface area contributed by atoms with Crippen LogP contribution >= 0.6 is 195 Å². The second kappa shape index (κ2) is 40.0. The molecule has 0 bridgehead atoms. The number of aromatic nitrogens is 8. The van der Waals surface area contributed by atoms with Gasteiger partial charge in [0.25, 0.3) is 11.1 Å². The molecule has 7 fully saturated rings. The first kappa shape index (κ1) is 90.3. The minimum Gasteiger partial charge on any atom is -0.519 e. The van der Waals surface area contributed by atoms with E-state index in [1.54, 1.807) is 13.8 Å². The fourth-order valence-corrected chi connectivity index (χ4v) is 206. The van der Waals surface area contributed by atoms with E-state index in [-0.39, 0.29) is 101 Å². The molecule has 25 nitrogen and oxygen atoms in total. The van der Waals surface area contributed by atoms with Gasteiger partial charge in [-0.1, -0.05) is 34.7 Å². The SMILES string of the molecule is CC[C@@]1(CO)O[C@@H](n2ccc(=O)[nH]c2=O)[C@H](F)[C@@H]1C.CC[C@]12CO[C@H]1[C@@H](F)[C@H](n1ccc(=O)[nH]c1=O)O2.CC[C@]12CO[C@H]1[C@@H](F)[C@H](n1ccc(N)nc1=O)O2.Nc1ccn([C@@H]2O[C@@]3(CO)CO[C@H]3[C@H]2F)c(=O)n1.[PH-]P(P(P)P)P(P(P)P)P(P)P.[PH-]P(P)P([PH-])P(P(P)P)P(P)P. The monoisotopic (exact) mass is 1810 g/mol. The number of nitrogens with two attached hydrogens (primary N) is 2. The molecule has 7 aliphatic heterocycles. The van der Waals surface area contributed by atoms with Gasteiger partial charge in [0.15, 0.2) is 49.6 Å². The molecule has 4 aromatic rings. The summed E-state index contributed by atoms with van der Waals surface area (Å²) in [5.74, 6) is -0.388. The molecule has 30 atom stereocenters. The summed E-state index contributed by atoms with van der Waals surface area (Å²) in [6, 6.07) is 5.12. The molecule has 4 aromatic heterocycles. The number of alkyl halides is 4. The van der Waals surface area contributed by atoms with Crippen LogP contribution in [0.25, 0.3) is 0 Å². The summed E-state index contributed by atoms with van der Waals surface area (Å²) >= 11 is 0. The number of ether oxygens (including phenoxy) is 7. The molecule has 14 unspecified atom stereocenters. The molecule has 0 aromatic carbocycles. The number of fused-ring (bicyclic) bond motifs is 3. The van der Waals surface area contributed by atoms with Crippen molar-refractivity contribution in [2.45, 2.75) is 137 Å². The maximum Gasteiger partial charge on any atom is 0.351 e. The zero-order valence-electron chi connectivity index (χ0n) is 52.1. The normalized spacial score (nSPS) is 32.1. The Labute approximate surface area is 600 Å². The van der Waals surface area contributed by atoms with E-state index >= 15 is 0 Å². The lowest BCUT2D eigenvalue weighted by atomic mass is 9.86. The fraction of sp³-hybridized carbons (Fsp3) is 0.636. The molecule has 548 valence electrons. The second-order valence-corrected chi connectivity index (χ2v) is 109. The van der Waals surface area contributed by atoms with Gasteiger partial charge in [0.05, 0.1) is 38.6 Å². The number of aliphatic hydroxyl groups excluding tert-OH is 2. The predicted molar refractivity (Wildman–Crippen MR) is 444 cm³/mol. The summed E-state index contributed by atoms with van der Waals surface area (Å²) in [5.41, 5.74) is 3.67. The Bertz CT molecular complexity index is 3470. The Kier molecular flexibility index (Phi) is 37.3. The zero-order valence-corrected chi connectivity index (χ0v) is 76.7. The highest BCUT2D eigenvalue weighted by molar-refractivity contribution is 9.22. The number of nitrogen functional groups attached to an aromatic ring is 2. The van der Waals surface area contributed by atoms with Crippen LogP contribution in [0.4, 0.5) is 29.2 Å². The van der Waals surface area contributed by atoms with E-state index in [1.807, 2.05) is 13.8 Å². The van der Waals surface area contributed by atoms with Crippen LogP contribution in [0.5, 0.6) is 0 Å². The standard InChI is InChI=1S/C12H17FN2O4.C11H14FN3O3.C11H13FN2O4.C10H12FN3O4.H13P12.H12P12/c1-3-12(6-16)7(2)9(13)10(19-12)15-5-4-8(17)14-11(15)18;1-2-11-5-17-8(11)7(12)9(18-11)15-4-3-6(13)14-10(15)16;1-2-11-5-17-8(11)7(12)9(18-11)14-4-3-6(15)13-10(14)16;11-6-7-10(3-15,4-17-7)18-8(6)14-2-1-5(12)13-9(14)16;2*1-8(2)11(7)12(9(3)4)10(5)6/h4-5,7,9-10,16H,3,6H2,1-2H3,(H,14,17,18);3-4,7-9H,2,5H2,1H3,(H2,13,14,16);3-4,7-9H,2,5H2,1H3,(H,13,15,16);1-2,6-8,15H,3-4H2,(H2,12,13,16);7H,1-6H2;1,7H,2-6H2/q;;;;-1;-2/t7-,9+,10+,12-;2*7-,8+,9-,11+;6-,7+,8-,10+;;/m0111../s1. The first-order chi connectivity index (χ1) is 45.4. The van der Waals surface area contributed by atoms with Crippen LogP contribution in [-0.4, -0.2) is 147 Å². The van der Waals surface area contributed by atoms with E-state index in [0.29, 0.717) is 32.5 Å². The third-order valence-electron chi connectivity index (χ3n) is 16.2. The molecule has 7 saturated heterocycles. The van der Waals surface area contributed by atoms with E-state index in [1.165, 1.54) is 36.9 Å². The highest BCUT2D eigenvalue weighted by atomic mass is 33.3. The van der Waals surface area contributed by atoms with Gasteiger partial charge in [0.1, 0.15) is 46.8 Å². The summed E-state index contributed by atoms with van der Waals surface area (Å²) in [6.45, 7) is 8.01. The zero-order chi connectivity index (χ0) is 72.7. The van der Waals surface area contributed by atoms with E-state index in [9.17, 15) is 56.5 Å². The Balaban J connectivity index is 0.000000186. The number of nitrogens with zero attached hydrogens (tertiary/aromatic N) is 6. The Morgan fingerprint density at radius 2 is 0.856 bits per heavy atom. The minimum absolute atomic E-state index is 0.00412. The molecule has 0 radical (unpaired) electrons. The van der Waals surface area contributed by atoms with Gasteiger partial charge >= 0.3 is 22.8 Å². The first-order valence-corrected chi connectivity index (χ1v) is 69.3. The lowest BCUT2D eigenvalue weighted by Gasteiger charge is -2.45. The molecule has 0 spiro atoms. The van der Waals surface area contributed by atoms with E-state index in [2.05, 4.69) is 145 Å². The lowest BCUT2D eigenvalue weighted by molar-refractivity contribution is -0.245. The summed E-state index contributed by atoms with van der Waals surface area (Å²) in [5, 5.41) is 18.7. The third-order valence-corrected chi connectivity index (χ3v) is 143. The molecule has 8 N–H and O–H groups in total. The number of aliphatic hydroxyl groups is 2. The van der Waals surface area contributed by atoms with Crippen molar-refractivity contribution in [2.24, 2.45) is 5.92 Å². The van der Waals surface area contributed by atoms with E-state index in [0.717, 1.165) is 30.4 Å². The molecule has 53 heteroatoms. The molecule has 0 aliphatic carbocycles. The van der Waals surface area contributed by atoms with Gasteiger partial charge in [-0.05, 0) is 73.3 Å². The van der Waals surface area contributed by atoms with Crippen molar-refractivity contribution in [3.8, 4) is 0 Å². The topological polar surface area (TPSA) is 337 Å². The largest absolute Gasteiger partial charge is 0.519 e. The van der Waals surface area contributed by atoms with Crippen LogP contribution in [0.1, 0.15) is 71.9 Å². The highest BCUT2D eigenvalue weighted by Gasteiger charge is 2.65. The van der Waals surface area contributed by atoms with Crippen LogP contribution in [-0.2, 0) is 33.2 Å². The van der Waals surface area contributed by atoms with Crippen LogP contribution < -0.4 is 45.3 Å². The van der Waals surface area contributed by atoms with Crippen LogP contribution in [0, 0.1) is 5.92 Å². The van der Waals surface area contributed by atoms with Crippen molar-refractivity contribution in [2.75, 3.05) is 44.5 Å². The Hall–Kier alpha value is 4.40. The van der Waals surface area contributed by atoms with E-state index in [4.69, 9.17) is 44.6 Å². The third kappa shape index (κ3) is 21.3. The first-order valence-electron chi connectivity index (χ1n) is 28.4. The summed E-state index contributed by atoms with van der Waals surface area (Å²) in [7, 11) is 44.1. The molecule has 0 saturated carbocycles. The van der Waals surface area contributed by atoms with Gasteiger partial charge in [-0.3, -0.25) is 44.8 Å². The quantitative estimate of drug-likeness (QED) is 0.0422. The number of H-pyrrole nitrogens is 2. The molecule has 11 heterocycles. The molecular weight excluding hydrogens is 1730 g/mol. The van der Waals surface area contributed by atoms with Crippen molar-refractivity contribution in [3.63, 3.8) is 0 Å². The number of aromatic amines is 2. The number of rotatable bonds is 17. The maximum atomic E-state index is 14.3. The van der Waals surface area contributed by atoms with Crippen LogP contribution in [0.15, 0.2) is 77.8 Å². The van der Waals surface area contributed by atoms with Gasteiger partial charge in [0.2, 0.25) is 0 Å². The lowest BCUT2D eigenvalue weighted by Crippen LogP contribution is -2.60. The Morgan fingerprint density at radius 3 is 1.09 bits per heavy atom. The van der Waals surface area contributed by atoms with Crippen LogP contribution in [0.3, 0.4) is 0 Å². The average molecular weight is 1810 g/mol. The molecule has 11 rings (SSSR count). The van der Waals surface area contributed by atoms with E-state index < -0.39 is 130 Å². The van der Waals surface area contributed by atoms with Crippen molar-refractivity contribution in [3.05, 3.63) is 112 Å². The fourth-order valence-electron chi connectivity index (χ4n) is 10.6. The van der Waals surface area contributed by atoms with Crippen molar-refractivity contribution < 1.29 is 60.9 Å². The second-order valence-electron chi connectivity index (χ2n) is 21.9. The van der Waals surface area contributed by atoms with Crippen molar-refractivity contribution in [1.29, 1.82) is 0 Å².